The van der Waals surface area contributed by atoms with Crippen molar-refractivity contribution < 1.29 is 24.2 Å². The number of carbonyl (C=O) groups is 3. The molecule has 3 rings (SSSR count). The van der Waals surface area contributed by atoms with Crippen molar-refractivity contribution in [3.05, 3.63) is 59.7 Å². The molecule has 7 heteroatoms. The topological polar surface area (TPSA) is 105 Å². The maximum Gasteiger partial charge on any atom is 0.407 e. The van der Waals surface area contributed by atoms with Crippen molar-refractivity contribution in [1.82, 2.24) is 10.6 Å². The molecule has 3 N–H and O–H groups in total. The van der Waals surface area contributed by atoms with Gasteiger partial charge in [0.15, 0.2) is 0 Å². The molecule has 0 fully saturated rings. The zero-order valence-corrected chi connectivity index (χ0v) is 17.8. The minimum Gasteiger partial charge on any atom is -0.481 e. The molecule has 0 aromatic heterocycles. The van der Waals surface area contributed by atoms with Crippen molar-refractivity contribution in [1.29, 1.82) is 0 Å². The molecule has 7 nitrogen and oxygen atoms in total. The molecule has 2 amide bonds. The van der Waals surface area contributed by atoms with Crippen LogP contribution in [0.4, 0.5) is 4.79 Å². The number of nitrogens with one attached hydrogen (secondary N) is 2. The number of rotatable bonds is 9. The molecule has 2 aromatic rings. The minimum atomic E-state index is -0.858. The first kappa shape index (κ1) is 22.3. The summed E-state index contributed by atoms with van der Waals surface area (Å²) in [7, 11) is 0. The first-order chi connectivity index (χ1) is 14.9. The fourth-order valence-electron chi connectivity index (χ4n) is 3.88. The van der Waals surface area contributed by atoms with Gasteiger partial charge in [0.1, 0.15) is 12.6 Å². The van der Waals surface area contributed by atoms with E-state index >= 15 is 0 Å². The molecule has 2 aromatic carbocycles. The van der Waals surface area contributed by atoms with Gasteiger partial charge in [-0.15, -0.1) is 0 Å². The second-order valence-corrected chi connectivity index (χ2v) is 7.89. The highest BCUT2D eigenvalue weighted by molar-refractivity contribution is 5.85. The van der Waals surface area contributed by atoms with E-state index in [0.29, 0.717) is 12.8 Å². The van der Waals surface area contributed by atoms with E-state index < -0.39 is 18.1 Å². The van der Waals surface area contributed by atoms with E-state index in [1.807, 2.05) is 36.4 Å². The number of ether oxygens (including phenoxy) is 1. The summed E-state index contributed by atoms with van der Waals surface area (Å²) in [6.07, 6.45) is 0.442. The quantitative estimate of drug-likeness (QED) is 0.570. The van der Waals surface area contributed by atoms with Crippen molar-refractivity contribution >= 4 is 18.0 Å². The van der Waals surface area contributed by atoms with Crippen molar-refractivity contribution in [3.63, 3.8) is 0 Å². The lowest BCUT2D eigenvalue weighted by Crippen LogP contribution is -2.47. The highest BCUT2D eigenvalue weighted by Crippen LogP contribution is 2.44. The van der Waals surface area contributed by atoms with Crippen molar-refractivity contribution in [3.8, 4) is 11.1 Å². The maximum absolute atomic E-state index is 12.3. The number of benzene rings is 2. The average molecular weight is 424 g/mol. The minimum absolute atomic E-state index is 0.0449. The Morgan fingerprint density at radius 2 is 1.55 bits per heavy atom. The Hall–Kier alpha value is -3.35. The summed E-state index contributed by atoms with van der Waals surface area (Å²) < 4.78 is 5.46. The number of carbonyl (C=O) groups excluding carboxylic acids is 2. The zero-order valence-electron chi connectivity index (χ0n) is 17.8. The standard InChI is InChI=1S/C24H28N2O5/c1-15(8-7-13-22(27)28)25-23(29)16(2)26-24(30)31-14-21-19-11-5-3-9-17(19)18-10-4-6-12-20(18)21/h3-6,9-12,15-16,21H,7-8,13-14H2,1-2H3,(H,25,29)(H,26,30)(H,27,28). The highest BCUT2D eigenvalue weighted by Gasteiger charge is 2.29. The van der Waals surface area contributed by atoms with Gasteiger partial charge < -0.3 is 20.5 Å². The van der Waals surface area contributed by atoms with Gasteiger partial charge in [-0.05, 0) is 48.9 Å². The molecular weight excluding hydrogens is 396 g/mol. The summed E-state index contributed by atoms with van der Waals surface area (Å²) in [5.74, 6) is -1.24. The molecule has 0 radical (unpaired) electrons. The lowest BCUT2D eigenvalue weighted by atomic mass is 9.98. The summed E-state index contributed by atoms with van der Waals surface area (Å²) in [6, 6.07) is 15.2. The predicted octanol–water partition coefficient (Wildman–Crippen LogP) is 3.67. The number of fused-ring (bicyclic) bond motifs is 3. The molecule has 2 unspecified atom stereocenters. The van der Waals surface area contributed by atoms with Gasteiger partial charge in [-0.1, -0.05) is 48.5 Å². The number of hydrogen-bond donors (Lipinski definition) is 3. The number of carboxylic acids is 1. The van der Waals surface area contributed by atoms with Crippen LogP contribution in [0.25, 0.3) is 11.1 Å². The van der Waals surface area contributed by atoms with Gasteiger partial charge in [0.25, 0.3) is 0 Å². The first-order valence-corrected chi connectivity index (χ1v) is 10.5. The van der Waals surface area contributed by atoms with E-state index in [4.69, 9.17) is 9.84 Å². The third-order valence-electron chi connectivity index (χ3n) is 5.49. The summed E-state index contributed by atoms with van der Waals surface area (Å²) in [5, 5.41) is 14.0. The number of aliphatic carboxylic acids is 1. The number of alkyl carbamates (subject to hydrolysis) is 1. The fourth-order valence-corrected chi connectivity index (χ4v) is 3.88. The normalized spacial score (nSPS) is 14.1. The van der Waals surface area contributed by atoms with Crippen molar-refractivity contribution in [2.24, 2.45) is 0 Å². The zero-order chi connectivity index (χ0) is 22.4. The fraction of sp³-hybridized carbons (Fsp3) is 0.375. The van der Waals surface area contributed by atoms with E-state index in [1.54, 1.807) is 13.8 Å². The number of hydrogen-bond acceptors (Lipinski definition) is 4. The molecule has 2 atom stereocenters. The van der Waals surface area contributed by atoms with E-state index in [9.17, 15) is 14.4 Å². The van der Waals surface area contributed by atoms with Gasteiger partial charge >= 0.3 is 12.1 Å². The Morgan fingerprint density at radius 1 is 0.968 bits per heavy atom. The van der Waals surface area contributed by atoms with Crippen LogP contribution in [0.3, 0.4) is 0 Å². The van der Waals surface area contributed by atoms with E-state index in [-0.39, 0.29) is 30.9 Å². The average Bonchev–Trinajstić information content (AvgIpc) is 3.05. The lowest BCUT2D eigenvalue weighted by Gasteiger charge is -2.19. The van der Waals surface area contributed by atoms with Crippen molar-refractivity contribution in [2.75, 3.05) is 6.61 Å². The molecule has 0 saturated heterocycles. The lowest BCUT2D eigenvalue weighted by molar-refractivity contribution is -0.137. The van der Waals surface area contributed by atoms with Gasteiger partial charge in [0.05, 0.1) is 0 Å². The van der Waals surface area contributed by atoms with E-state index in [2.05, 4.69) is 22.8 Å². The van der Waals surface area contributed by atoms with Gasteiger partial charge in [0.2, 0.25) is 5.91 Å². The molecule has 164 valence electrons. The van der Waals surface area contributed by atoms with Gasteiger partial charge in [-0.3, -0.25) is 9.59 Å². The predicted molar refractivity (Wildman–Crippen MR) is 117 cm³/mol. The Kier molecular flexibility index (Phi) is 7.28. The third-order valence-corrected chi connectivity index (χ3v) is 5.49. The van der Waals surface area contributed by atoms with Crippen LogP contribution in [0.5, 0.6) is 0 Å². The third kappa shape index (κ3) is 5.63. The Morgan fingerprint density at radius 3 is 2.13 bits per heavy atom. The molecule has 0 spiro atoms. The summed E-state index contributed by atoms with van der Waals surface area (Å²) in [4.78, 5) is 35.1. The van der Waals surface area contributed by atoms with Crippen LogP contribution in [-0.2, 0) is 14.3 Å². The first-order valence-electron chi connectivity index (χ1n) is 10.5. The van der Waals surface area contributed by atoms with E-state index in [1.165, 1.54) is 0 Å². The molecule has 31 heavy (non-hydrogen) atoms. The van der Waals surface area contributed by atoms with Crippen LogP contribution in [0.2, 0.25) is 0 Å². The van der Waals surface area contributed by atoms with Crippen LogP contribution >= 0.6 is 0 Å². The van der Waals surface area contributed by atoms with Crippen LogP contribution in [0.1, 0.15) is 50.2 Å². The Bertz CT molecular complexity index is 913. The molecule has 0 aliphatic heterocycles. The van der Waals surface area contributed by atoms with Gasteiger partial charge in [-0.2, -0.15) is 0 Å². The second kappa shape index (κ2) is 10.1. The number of carboxylic acid groups (broad SMARTS) is 1. The Balaban J connectivity index is 1.50. The van der Waals surface area contributed by atoms with Gasteiger partial charge in [-0.25, -0.2) is 4.79 Å². The van der Waals surface area contributed by atoms with Gasteiger partial charge in [0, 0.05) is 18.4 Å². The Labute approximate surface area is 181 Å². The van der Waals surface area contributed by atoms with Crippen molar-refractivity contribution in [2.45, 2.75) is 51.1 Å². The smallest absolute Gasteiger partial charge is 0.407 e. The maximum atomic E-state index is 12.3. The molecular formula is C24H28N2O5. The second-order valence-electron chi connectivity index (χ2n) is 7.89. The number of amides is 2. The summed E-state index contributed by atoms with van der Waals surface area (Å²) in [6.45, 7) is 3.57. The molecule has 1 aliphatic carbocycles. The molecule has 0 bridgehead atoms. The largest absolute Gasteiger partial charge is 0.481 e. The van der Waals surface area contributed by atoms with Crippen LogP contribution in [0.15, 0.2) is 48.5 Å². The monoisotopic (exact) mass is 424 g/mol. The summed E-state index contributed by atoms with van der Waals surface area (Å²) >= 11 is 0. The van der Waals surface area contributed by atoms with Crippen LogP contribution in [0, 0.1) is 0 Å². The highest BCUT2D eigenvalue weighted by atomic mass is 16.5. The SMILES string of the molecule is CC(CCCC(=O)O)NC(=O)C(C)NC(=O)OCC1c2ccccc2-c2ccccc21. The molecule has 0 heterocycles. The summed E-state index contributed by atoms with van der Waals surface area (Å²) in [5.41, 5.74) is 4.54. The van der Waals surface area contributed by atoms with Crippen LogP contribution in [-0.4, -0.2) is 41.8 Å². The van der Waals surface area contributed by atoms with Crippen LogP contribution < -0.4 is 10.6 Å². The molecule has 1 aliphatic rings. The molecule has 0 saturated carbocycles. The van der Waals surface area contributed by atoms with E-state index in [0.717, 1.165) is 22.3 Å².